The smallest absolute Gasteiger partial charge is 0.223 e. The summed E-state index contributed by atoms with van der Waals surface area (Å²) in [7, 11) is 0. The zero-order chi connectivity index (χ0) is 12.7. The first-order valence-electron chi connectivity index (χ1n) is 6.69. The minimum Gasteiger partial charge on any atom is -0.386 e. The first-order chi connectivity index (χ1) is 8.11. The molecule has 0 aliphatic carbocycles. The van der Waals surface area contributed by atoms with E-state index in [1.165, 1.54) is 0 Å². The average Bonchev–Trinajstić information content (AvgIpc) is 2.75. The molecule has 0 spiro atoms. The number of aliphatic hydroxyl groups is 1. The van der Waals surface area contributed by atoms with E-state index in [2.05, 4.69) is 12.2 Å². The number of rotatable bonds is 7. The molecule has 0 aromatic carbocycles. The van der Waals surface area contributed by atoms with Crippen LogP contribution < -0.4 is 5.32 Å². The van der Waals surface area contributed by atoms with Gasteiger partial charge >= 0.3 is 0 Å². The summed E-state index contributed by atoms with van der Waals surface area (Å²) >= 11 is 0. The Morgan fingerprint density at radius 3 is 2.82 bits per heavy atom. The van der Waals surface area contributed by atoms with Crippen LogP contribution in [-0.2, 0) is 9.53 Å². The van der Waals surface area contributed by atoms with Gasteiger partial charge in [-0.3, -0.25) is 4.79 Å². The maximum Gasteiger partial charge on any atom is 0.223 e. The van der Waals surface area contributed by atoms with E-state index < -0.39 is 5.60 Å². The van der Waals surface area contributed by atoms with Crippen molar-refractivity contribution in [2.75, 3.05) is 19.8 Å². The zero-order valence-electron chi connectivity index (χ0n) is 11.0. The van der Waals surface area contributed by atoms with Crippen LogP contribution >= 0.6 is 0 Å². The molecule has 1 fully saturated rings. The van der Waals surface area contributed by atoms with Gasteiger partial charge in [0.15, 0.2) is 0 Å². The highest BCUT2D eigenvalue weighted by atomic mass is 16.5. The van der Waals surface area contributed by atoms with Gasteiger partial charge in [-0.05, 0) is 12.8 Å². The topological polar surface area (TPSA) is 58.6 Å². The van der Waals surface area contributed by atoms with Crippen molar-refractivity contribution in [3.8, 4) is 0 Å². The van der Waals surface area contributed by atoms with Crippen LogP contribution in [0.4, 0.5) is 0 Å². The van der Waals surface area contributed by atoms with Gasteiger partial charge in [-0.25, -0.2) is 0 Å². The van der Waals surface area contributed by atoms with Crippen LogP contribution in [0.25, 0.3) is 0 Å². The molecule has 4 nitrogen and oxygen atoms in total. The molecular weight excluding hydrogens is 218 g/mol. The van der Waals surface area contributed by atoms with E-state index in [0.717, 1.165) is 25.7 Å². The van der Waals surface area contributed by atoms with Crippen molar-refractivity contribution in [1.82, 2.24) is 5.32 Å². The molecule has 1 saturated heterocycles. The number of carbonyl (C=O) groups excluding carboxylic acids is 1. The summed E-state index contributed by atoms with van der Waals surface area (Å²) in [5.74, 6) is 0.155. The SMILES string of the molecule is CCCCC(CC)C(=O)NCC1(O)CCOC1. The molecule has 0 radical (unpaired) electrons. The number of amides is 1. The fourth-order valence-corrected chi connectivity index (χ4v) is 2.10. The minimum atomic E-state index is -0.849. The van der Waals surface area contributed by atoms with Gasteiger partial charge in [0.25, 0.3) is 0 Å². The van der Waals surface area contributed by atoms with Crippen molar-refractivity contribution in [3.05, 3.63) is 0 Å². The molecule has 1 amide bonds. The second-order valence-electron chi connectivity index (χ2n) is 4.99. The van der Waals surface area contributed by atoms with Crippen LogP contribution in [0.5, 0.6) is 0 Å². The fraction of sp³-hybridized carbons (Fsp3) is 0.923. The predicted molar refractivity (Wildman–Crippen MR) is 66.7 cm³/mol. The fourth-order valence-electron chi connectivity index (χ4n) is 2.10. The molecular formula is C13H25NO3. The molecule has 1 heterocycles. The van der Waals surface area contributed by atoms with Crippen LogP contribution in [0.1, 0.15) is 46.0 Å². The third kappa shape index (κ3) is 4.64. The summed E-state index contributed by atoms with van der Waals surface area (Å²) in [5, 5.41) is 12.9. The molecule has 2 unspecified atom stereocenters. The normalized spacial score (nSPS) is 25.8. The lowest BCUT2D eigenvalue weighted by Gasteiger charge is -2.22. The van der Waals surface area contributed by atoms with Crippen LogP contribution in [0.2, 0.25) is 0 Å². The molecule has 1 aliphatic heterocycles. The van der Waals surface area contributed by atoms with Gasteiger partial charge < -0.3 is 15.2 Å². The summed E-state index contributed by atoms with van der Waals surface area (Å²) < 4.78 is 5.14. The monoisotopic (exact) mass is 243 g/mol. The third-order valence-corrected chi connectivity index (χ3v) is 3.44. The van der Waals surface area contributed by atoms with Gasteiger partial charge in [-0.1, -0.05) is 26.7 Å². The van der Waals surface area contributed by atoms with Gasteiger partial charge in [-0.2, -0.15) is 0 Å². The highest BCUT2D eigenvalue weighted by molar-refractivity contribution is 5.78. The lowest BCUT2D eigenvalue weighted by molar-refractivity contribution is -0.126. The first kappa shape index (κ1) is 14.5. The van der Waals surface area contributed by atoms with Crippen LogP contribution in [0.15, 0.2) is 0 Å². The highest BCUT2D eigenvalue weighted by Crippen LogP contribution is 2.18. The number of hydrogen-bond acceptors (Lipinski definition) is 3. The molecule has 100 valence electrons. The second kappa shape index (κ2) is 6.97. The van der Waals surface area contributed by atoms with Crippen molar-refractivity contribution in [2.24, 2.45) is 5.92 Å². The van der Waals surface area contributed by atoms with Crippen LogP contribution in [0.3, 0.4) is 0 Å². The molecule has 0 aromatic heterocycles. The predicted octanol–water partition coefficient (Wildman–Crippen LogP) is 1.47. The maximum absolute atomic E-state index is 11.9. The van der Waals surface area contributed by atoms with Crippen LogP contribution in [0, 0.1) is 5.92 Å². The lowest BCUT2D eigenvalue weighted by Crippen LogP contribution is -2.45. The van der Waals surface area contributed by atoms with Crippen molar-refractivity contribution < 1.29 is 14.6 Å². The quantitative estimate of drug-likeness (QED) is 0.712. The average molecular weight is 243 g/mol. The van der Waals surface area contributed by atoms with E-state index in [-0.39, 0.29) is 11.8 Å². The Kier molecular flexibility index (Phi) is 5.92. The Morgan fingerprint density at radius 1 is 1.53 bits per heavy atom. The molecule has 2 atom stereocenters. The van der Waals surface area contributed by atoms with Gasteiger partial charge in [0.1, 0.15) is 5.60 Å². The Balaban J connectivity index is 2.31. The van der Waals surface area contributed by atoms with Gasteiger partial charge in [-0.15, -0.1) is 0 Å². The maximum atomic E-state index is 11.9. The van der Waals surface area contributed by atoms with E-state index in [1.54, 1.807) is 0 Å². The molecule has 0 bridgehead atoms. The van der Waals surface area contributed by atoms with Crippen LogP contribution in [-0.4, -0.2) is 36.4 Å². The van der Waals surface area contributed by atoms with Crippen molar-refractivity contribution >= 4 is 5.91 Å². The van der Waals surface area contributed by atoms with Crippen molar-refractivity contribution in [1.29, 1.82) is 0 Å². The standard InChI is InChI=1S/C13H25NO3/c1-3-5-6-11(4-2)12(15)14-9-13(16)7-8-17-10-13/h11,16H,3-10H2,1-2H3,(H,14,15). The number of hydrogen-bond donors (Lipinski definition) is 2. The molecule has 17 heavy (non-hydrogen) atoms. The van der Waals surface area contributed by atoms with Gasteiger partial charge in [0.05, 0.1) is 6.61 Å². The minimum absolute atomic E-state index is 0.0706. The van der Waals surface area contributed by atoms with E-state index in [4.69, 9.17) is 4.74 Å². The molecule has 2 N–H and O–H groups in total. The Labute approximate surface area is 104 Å². The highest BCUT2D eigenvalue weighted by Gasteiger charge is 2.33. The summed E-state index contributed by atoms with van der Waals surface area (Å²) in [4.78, 5) is 11.9. The first-order valence-corrected chi connectivity index (χ1v) is 6.69. The number of nitrogens with one attached hydrogen (secondary N) is 1. The van der Waals surface area contributed by atoms with E-state index in [1.807, 2.05) is 6.92 Å². The summed E-state index contributed by atoms with van der Waals surface area (Å²) in [6.45, 7) is 5.39. The lowest BCUT2D eigenvalue weighted by atomic mass is 9.97. The van der Waals surface area contributed by atoms with E-state index in [0.29, 0.717) is 26.2 Å². The Bertz CT molecular complexity index is 237. The summed E-state index contributed by atoms with van der Waals surface area (Å²) in [6.07, 6.45) is 4.61. The number of unbranched alkanes of at least 4 members (excludes halogenated alkanes) is 1. The Morgan fingerprint density at radius 2 is 2.29 bits per heavy atom. The number of ether oxygens (including phenoxy) is 1. The molecule has 0 aromatic rings. The Hall–Kier alpha value is -0.610. The van der Waals surface area contributed by atoms with Gasteiger partial charge in [0.2, 0.25) is 5.91 Å². The second-order valence-corrected chi connectivity index (χ2v) is 4.99. The number of carbonyl (C=O) groups is 1. The van der Waals surface area contributed by atoms with Crippen molar-refractivity contribution in [3.63, 3.8) is 0 Å². The molecule has 4 heteroatoms. The third-order valence-electron chi connectivity index (χ3n) is 3.44. The van der Waals surface area contributed by atoms with E-state index in [9.17, 15) is 9.90 Å². The summed E-state index contributed by atoms with van der Waals surface area (Å²) in [6, 6.07) is 0. The van der Waals surface area contributed by atoms with Gasteiger partial charge in [0, 0.05) is 25.5 Å². The molecule has 1 rings (SSSR count). The van der Waals surface area contributed by atoms with E-state index >= 15 is 0 Å². The zero-order valence-corrected chi connectivity index (χ0v) is 11.0. The summed E-state index contributed by atoms with van der Waals surface area (Å²) in [5.41, 5.74) is -0.849. The largest absolute Gasteiger partial charge is 0.386 e. The van der Waals surface area contributed by atoms with Crippen molar-refractivity contribution in [2.45, 2.75) is 51.6 Å². The molecule has 0 saturated carbocycles. The molecule has 1 aliphatic rings.